The molecule has 1 saturated heterocycles. The molecule has 3 fully saturated rings. The standard InChI is InChI=1S/C43H49NO18/c1-20-21(2)37(50)61-34-32(60-38(51)27-14-11-10-12-15-27)36(59-26(7)49)42(19-54-22(3)45)35(58-25(6)48)31(56-23(4)46)29-33(57-24(5)47)43(42,41(34,9)53)62-40(29,8)18-55-39(52)28-16-13-17-44-30(20)28/h10-17,20-21,29,31-36,53H,18-19H2,1-9H3/t20-,21-,29+,31+,32-,33+,34-,35+,36-,40-,41?,42+,43-/m0/s1. The van der Waals surface area contributed by atoms with Gasteiger partial charge < -0.3 is 47.7 Å². The SMILES string of the molecule is CC(=O)OC[C@]12[C@H](OC(C)=O)[C@H](OC(C)=O)[C@@H]3[C@@H](OC(C)=O)[C@@]14O[C@@]3(C)COC(=O)c1cccnc1[C@@H](C)[C@H](C)C(=O)O[C@@H]([C@H](OC(=O)c1ccccc1)[C@@H]2OC(C)=O)C4(C)O. The van der Waals surface area contributed by atoms with Gasteiger partial charge in [0.2, 0.25) is 0 Å². The lowest BCUT2D eigenvalue weighted by Crippen LogP contribution is -2.89. The Kier molecular flexibility index (Phi) is 12.3. The molecule has 1 unspecified atom stereocenters. The van der Waals surface area contributed by atoms with Gasteiger partial charge in [0.15, 0.2) is 30.0 Å². The first-order valence-electron chi connectivity index (χ1n) is 19.9. The van der Waals surface area contributed by atoms with Crippen molar-refractivity contribution in [2.75, 3.05) is 13.2 Å². The van der Waals surface area contributed by atoms with E-state index in [0.29, 0.717) is 0 Å². The zero-order valence-corrected chi connectivity index (χ0v) is 35.6. The van der Waals surface area contributed by atoms with Crippen LogP contribution in [0.1, 0.15) is 94.6 Å². The summed E-state index contributed by atoms with van der Waals surface area (Å²) in [4.78, 5) is 114. The minimum atomic E-state index is -2.87. The number of aliphatic hydroxyl groups is 1. The van der Waals surface area contributed by atoms with Gasteiger partial charge in [0, 0.05) is 46.7 Å². The highest BCUT2D eigenvalue weighted by atomic mass is 16.7. The zero-order chi connectivity index (χ0) is 45.7. The molecule has 2 aliphatic carbocycles. The summed E-state index contributed by atoms with van der Waals surface area (Å²) in [6, 6.07) is 10.3. The highest BCUT2D eigenvalue weighted by molar-refractivity contribution is 5.91. The molecule has 3 heterocycles. The third-order valence-electron chi connectivity index (χ3n) is 12.4. The molecule has 2 saturated carbocycles. The molecule has 19 nitrogen and oxygen atoms in total. The summed E-state index contributed by atoms with van der Waals surface area (Å²) < 4.78 is 55.4. The van der Waals surface area contributed by atoms with Crippen LogP contribution < -0.4 is 0 Å². The molecule has 334 valence electrons. The van der Waals surface area contributed by atoms with Crippen LogP contribution in [0.25, 0.3) is 0 Å². The molecule has 0 amide bonds. The highest BCUT2D eigenvalue weighted by Gasteiger charge is 2.92. The number of benzene rings is 1. The van der Waals surface area contributed by atoms with Crippen molar-refractivity contribution in [2.45, 2.75) is 122 Å². The first-order valence-corrected chi connectivity index (χ1v) is 19.9. The smallest absolute Gasteiger partial charge is 0.340 e. The van der Waals surface area contributed by atoms with Crippen LogP contribution in [0.2, 0.25) is 0 Å². The number of hydrogen-bond donors (Lipinski definition) is 1. The first kappa shape index (κ1) is 45.6. The largest absolute Gasteiger partial charge is 0.465 e. The van der Waals surface area contributed by atoms with Crippen LogP contribution in [0.4, 0.5) is 0 Å². The molecule has 4 bridgehead atoms. The van der Waals surface area contributed by atoms with E-state index in [0.717, 1.165) is 41.5 Å². The fourth-order valence-electron chi connectivity index (χ4n) is 9.82. The van der Waals surface area contributed by atoms with Crippen molar-refractivity contribution in [2.24, 2.45) is 17.3 Å². The van der Waals surface area contributed by atoms with Gasteiger partial charge in [-0.1, -0.05) is 32.0 Å². The van der Waals surface area contributed by atoms with Gasteiger partial charge in [0.05, 0.1) is 28.7 Å². The van der Waals surface area contributed by atoms with Crippen LogP contribution >= 0.6 is 0 Å². The van der Waals surface area contributed by atoms with Crippen molar-refractivity contribution < 1.29 is 86.1 Å². The van der Waals surface area contributed by atoms with Crippen LogP contribution in [-0.4, -0.2) is 124 Å². The van der Waals surface area contributed by atoms with E-state index < -0.39 is 138 Å². The predicted molar refractivity (Wildman–Crippen MR) is 205 cm³/mol. The number of ether oxygens (including phenoxy) is 9. The normalized spacial score (nSPS) is 36.0. The number of pyridine rings is 1. The Morgan fingerprint density at radius 1 is 0.742 bits per heavy atom. The van der Waals surface area contributed by atoms with Crippen LogP contribution in [0.15, 0.2) is 48.7 Å². The summed E-state index contributed by atoms with van der Waals surface area (Å²) >= 11 is 0. The van der Waals surface area contributed by atoms with Gasteiger partial charge in [-0.2, -0.15) is 0 Å². The van der Waals surface area contributed by atoms with Crippen LogP contribution in [0, 0.1) is 17.3 Å². The van der Waals surface area contributed by atoms with E-state index in [9.17, 15) is 43.5 Å². The highest BCUT2D eigenvalue weighted by Crippen LogP contribution is 2.70. The summed E-state index contributed by atoms with van der Waals surface area (Å²) in [6.45, 7) is 8.69. The summed E-state index contributed by atoms with van der Waals surface area (Å²) in [5.74, 6) is -11.8. The van der Waals surface area contributed by atoms with Crippen LogP contribution in [-0.2, 0) is 71.4 Å². The van der Waals surface area contributed by atoms with Gasteiger partial charge >= 0.3 is 47.8 Å². The Balaban J connectivity index is 1.80. The fourth-order valence-corrected chi connectivity index (χ4v) is 9.82. The first-order chi connectivity index (χ1) is 29.0. The maximum absolute atomic E-state index is 14.6. The van der Waals surface area contributed by atoms with Crippen LogP contribution in [0.5, 0.6) is 0 Å². The average Bonchev–Trinajstić information content (AvgIpc) is 3.42. The van der Waals surface area contributed by atoms with Crippen molar-refractivity contribution in [1.82, 2.24) is 4.98 Å². The number of carbonyl (C=O) groups excluding carboxylic acids is 8. The monoisotopic (exact) mass is 867 g/mol. The molecule has 2 aliphatic heterocycles. The van der Waals surface area contributed by atoms with E-state index in [4.69, 9.17) is 42.6 Å². The van der Waals surface area contributed by atoms with Crippen molar-refractivity contribution in [3.8, 4) is 0 Å². The Bertz CT molecular complexity index is 2160. The second kappa shape index (κ2) is 16.7. The van der Waals surface area contributed by atoms with Gasteiger partial charge in [-0.05, 0) is 38.1 Å². The Labute approximate surface area is 355 Å². The summed E-state index contributed by atoms with van der Waals surface area (Å²) in [5, 5.41) is 13.7. The number of nitrogens with zero attached hydrogens (tertiary/aromatic N) is 1. The summed E-state index contributed by atoms with van der Waals surface area (Å²) in [6.07, 6.45) is -10.8. The maximum Gasteiger partial charge on any atom is 0.340 e. The molecular formula is C43H49NO18. The third-order valence-corrected chi connectivity index (χ3v) is 12.4. The molecule has 19 heteroatoms. The predicted octanol–water partition coefficient (Wildman–Crippen LogP) is 2.33. The topological polar surface area (TPSA) is 253 Å². The fraction of sp³-hybridized carbons (Fsp3) is 0.558. The Morgan fingerprint density at radius 3 is 1.90 bits per heavy atom. The molecule has 1 aromatic carbocycles. The quantitative estimate of drug-likeness (QED) is 0.295. The lowest BCUT2D eigenvalue weighted by molar-refractivity contribution is -0.386. The lowest BCUT2D eigenvalue weighted by Gasteiger charge is -2.67. The van der Waals surface area contributed by atoms with Gasteiger partial charge in [-0.3, -0.25) is 33.8 Å². The molecule has 0 radical (unpaired) electrons. The van der Waals surface area contributed by atoms with Crippen molar-refractivity contribution in [3.05, 3.63) is 65.5 Å². The Hall–Kier alpha value is -5.95. The molecule has 4 aliphatic rings. The van der Waals surface area contributed by atoms with Gasteiger partial charge in [0.25, 0.3) is 0 Å². The second-order valence-corrected chi connectivity index (χ2v) is 16.5. The molecule has 1 N–H and O–H groups in total. The molecule has 1 aromatic heterocycles. The van der Waals surface area contributed by atoms with E-state index in [1.54, 1.807) is 13.0 Å². The molecule has 2 aromatic rings. The number of esters is 8. The van der Waals surface area contributed by atoms with Gasteiger partial charge in [-0.15, -0.1) is 0 Å². The van der Waals surface area contributed by atoms with Crippen molar-refractivity contribution in [3.63, 3.8) is 0 Å². The summed E-state index contributed by atoms with van der Waals surface area (Å²) in [7, 11) is 0. The number of aromatic nitrogens is 1. The van der Waals surface area contributed by atoms with Gasteiger partial charge in [-0.25, -0.2) is 9.59 Å². The molecule has 6 rings (SSSR count). The molecule has 1 spiro atoms. The zero-order valence-electron chi connectivity index (χ0n) is 35.6. The number of carbonyl (C=O) groups is 8. The van der Waals surface area contributed by atoms with Crippen molar-refractivity contribution in [1.29, 1.82) is 0 Å². The number of fused-ring (bicyclic) bond motifs is 5. The lowest BCUT2D eigenvalue weighted by atomic mass is 9.45. The third kappa shape index (κ3) is 7.43. The maximum atomic E-state index is 14.6. The summed E-state index contributed by atoms with van der Waals surface area (Å²) in [5.41, 5.74) is -10.3. The molecule has 62 heavy (non-hydrogen) atoms. The van der Waals surface area contributed by atoms with E-state index in [-0.39, 0.29) is 16.8 Å². The molecular weight excluding hydrogens is 818 g/mol. The Morgan fingerprint density at radius 2 is 1.32 bits per heavy atom. The number of hydrogen-bond acceptors (Lipinski definition) is 19. The molecule has 13 atom stereocenters. The number of rotatable bonds is 8. The van der Waals surface area contributed by atoms with Crippen LogP contribution in [0.3, 0.4) is 0 Å². The van der Waals surface area contributed by atoms with E-state index in [1.165, 1.54) is 56.4 Å². The van der Waals surface area contributed by atoms with E-state index >= 15 is 0 Å². The van der Waals surface area contributed by atoms with E-state index in [1.807, 2.05) is 0 Å². The van der Waals surface area contributed by atoms with Crippen molar-refractivity contribution >= 4 is 47.8 Å². The van der Waals surface area contributed by atoms with E-state index in [2.05, 4.69) is 4.98 Å². The minimum absolute atomic E-state index is 0.0497. The van der Waals surface area contributed by atoms with Gasteiger partial charge in [0.1, 0.15) is 42.0 Å². The average molecular weight is 868 g/mol. The second-order valence-electron chi connectivity index (χ2n) is 16.5. The minimum Gasteiger partial charge on any atom is -0.465 e. The number of cyclic esters (lactones) is 1.